The highest BCUT2D eigenvalue weighted by Crippen LogP contribution is 2.30. The minimum Gasteiger partial charge on any atom is -0.322 e. The lowest BCUT2D eigenvalue weighted by Crippen LogP contribution is -2.14. The quantitative estimate of drug-likeness (QED) is 0.376. The molecule has 0 aliphatic carbocycles. The van der Waals surface area contributed by atoms with Crippen molar-refractivity contribution >= 4 is 51.0 Å². The topological polar surface area (TPSA) is 85.6 Å². The summed E-state index contributed by atoms with van der Waals surface area (Å²) in [5, 5.41) is 15.9. The number of thioether (sulfide) groups is 1. The average Bonchev–Trinajstić information content (AvgIpc) is 3.25. The number of benzene rings is 2. The van der Waals surface area contributed by atoms with Crippen molar-refractivity contribution in [1.82, 2.24) is 25.2 Å². The van der Waals surface area contributed by atoms with Gasteiger partial charge in [0.1, 0.15) is 5.03 Å². The number of rotatable bonds is 6. The van der Waals surface area contributed by atoms with Crippen LogP contribution < -0.4 is 5.32 Å². The summed E-state index contributed by atoms with van der Waals surface area (Å²) in [4.78, 5) is 18.4. The molecule has 4 rings (SSSR count). The highest BCUT2D eigenvalue weighted by molar-refractivity contribution is 9.10. The van der Waals surface area contributed by atoms with Gasteiger partial charge in [0.25, 0.3) is 5.91 Å². The van der Waals surface area contributed by atoms with E-state index in [4.69, 9.17) is 0 Å². The Kier molecular flexibility index (Phi) is 6.46. The van der Waals surface area contributed by atoms with Crippen molar-refractivity contribution in [3.63, 3.8) is 0 Å². The third kappa shape index (κ3) is 4.72. The number of aromatic nitrogens is 5. The van der Waals surface area contributed by atoms with E-state index in [0.29, 0.717) is 21.4 Å². The molecule has 0 fully saturated rings. The van der Waals surface area contributed by atoms with Gasteiger partial charge in [-0.2, -0.15) is 4.68 Å². The number of nitrogens with zero attached hydrogens (tertiary/aromatic N) is 5. The Labute approximate surface area is 189 Å². The van der Waals surface area contributed by atoms with Gasteiger partial charge in [0.2, 0.25) is 5.16 Å². The maximum Gasteiger partial charge on any atom is 0.258 e. The number of amides is 1. The van der Waals surface area contributed by atoms with Gasteiger partial charge in [-0.05, 0) is 71.3 Å². The largest absolute Gasteiger partial charge is 0.322 e. The summed E-state index contributed by atoms with van der Waals surface area (Å²) in [6.07, 6.45) is 3.58. The second kappa shape index (κ2) is 9.41. The number of hydrogen-bond acceptors (Lipinski definition) is 7. The summed E-state index contributed by atoms with van der Waals surface area (Å²) in [6, 6.07) is 18.8. The number of hydrogen-bond donors (Lipinski definition) is 1. The number of carbonyl (C=O) groups excluding carboxylic acids is 1. The van der Waals surface area contributed by atoms with Gasteiger partial charge in [0.05, 0.1) is 11.3 Å². The first-order valence-electron chi connectivity index (χ1n) is 8.76. The Morgan fingerprint density at radius 3 is 2.73 bits per heavy atom. The van der Waals surface area contributed by atoms with E-state index in [9.17, 15) is 4.79 Å². The van der Waals surface area contributed by atoms with Gasteiger partial charge in [-0.1, -0.05) is 45.5 Å². The standard InChI is InChI=1S/C20H15BrN6OS2/c1-29-20-24-25-26-27(20)15-5-2-4-14(12-15)23-18(28)17-6-3-11-22-19(17)30-16-9-7-13(21)8-10-16/h2-12H,1H3,(H,23,28). The normalized spacial score (nSPS) is 10.7. The molecule has 0 unspecified atom stereocenters. The molecule has 150 valence electrons. The van der Waals surface area contributed by atoms with Crippen molar-refractivity contribution in [1.29, 1.82) is 0 Å². The summed E-state index contributed by atoms with van der Waals surface area (Å²) in [5.41, 5.74) is 1.91. The highest BCUT2D eigenvalue weighted by Gasteiger charge is 2.15. The zero-order valence-electron chi connectivity index (χ0n) is 15.7. The average molecular weight is 499 g/mol. The maximum atomic E-state index is 13.0. The van der Waals surface area contributed by atoms with Crippen LogP contribution in [0.5, 0.6) is 0 Å². The van der Waals surface area contributed by atoms with Gasteiger partial charge in [-0.25, -0.2) is 4.98 Å². The zero-order chi connectivity index (χ0) is 20.9. The number of carbonyl (C=O) groups is 1. The molecule has 0 radical (unpaired) electrons. The smallest absolute Gasteiger partial charge is 0.258 e. The first-order valence-corrected chi connectivity index (χ1v) is 11.6. The van der Waals surface area contributed by atoms with Crippen molar-refractivity contribution in [2.45, 2.75) is 15.1 Å². The van der Waals surface area contributed by atoms with Crippen LogP contribution in [-0.2, 0) is 0 Å². The highest BCUT2D eigenvalue weighted by atomic mass is 79.9. The van der Waals surface area contributed by atoms with Crippen LogP contribution >= 0.6 is 39.5 Å². The lowest BCUT2D eigenvalue weighted by molar-refractivity contribution is 0.102. The minimum absolute atomic E-state index is 0.235. The summed E-state index contributed by atoms with van der Waals surface area (Å²) >= 11 is 6.31. The number of pyridine rings is 1. The van der Waals surface area contributed by atoms with Crippen molar-refractivity contribution in [2.24, 2.45) is 0 Å². The molecule has 2 heterocycles. The molecule has 0 spiro atoms. The van der Waals surface area contributed by atoms with Gasteiger partial charge in [-0.15, -0.1) is 5.10 Å². The first kappa shape index (κ1) is 20.6. The van der Waals surface area contributed by atoms with E-state index < -0.39 is 0 Å². The second-order valence-electron chi connectivity index (χ2n) is 5.99. The van der Waals surface area contributed by atoms with E-state index in [-0.39, 0.29) is 5.91 Å². The number of nitrogens with one attached hydrogen (secondary N) is 1. The van der Waals surface area contributed by atoms with E-state index in [1.54, 1.807) is 23.0 Å². The molecule has 4 aromatic rings. The molecule has 0 atom stereocenters. The maximum absolute atomic E-state index is 13.0. The molecule has 0 aliphatic heterocycles. The molecule has 0 saturated carbocycles. The molecule has 0 saturated heterocycles. The van der Waals surface area contributed by atoms with E-state index in [2.05, 4.69) is 41.8 Å². The van der Waals surface area contributed by atoms with Gasteiger partial charge in [-0.3, -0.25) is 4.79 Å². The zero-order valence-corrected chi connectivity index (χ0v) is 18.9. The fourth-order valence-corrected chi connectivity index (χ4v) is 4.22. The lowest BCUT2D eigenvalue weighted by atomic mass is 10.2. The summed E-state index contributed by atoms with van der Waals surface area (Å²) in [6.45, 7) is 0. The molecular formula is C20H15BrN6OS2. The van der Waals surface area contributed by atoms with E-state index >= 15 is 0 Å². The van der Waals surface area contributed by atoms with Crippen LogP contribution in [0.3, 0.4) is 0 Å². The summed E-state index contributed by atoms with van der Waals surface area (Å²) < 4.78 is 2.62. The van der Waals surface area contributed by atoms with Crippen molar-refractivity contribution in [3.05, 3.63) is 76.9 Å². The molecule has 7 nitrogen and oxygen atoms in total. The van der Waals surface area contributed by atoms with Gasteiger partial charge in [0, 0.05) is 21.3 Å². The van der Waals surface area contributed by atoms with E-state index in [1.807, 2.05) is 54.8 Å². The Bertz CT molecular complexity index is 1180. The molecule has 1 N–H and O–H groups in total. The molecule has 2 aromatic heterocycles. The first-order chi connectivity index (χ1) is 14.6. The summed E-state index contributed by atoms with van der Waals surface area (Å²) in [5.74, 6) is -0.235. The van der Waals surface area contributed by atoms with Crippen LogP contribution in [0, 0.1) is 0 Å². The monoisotopic (exact) mass is 498 g/mol. The Morgan fingerprint density at radius 1 is 1.10 bits per heavy atom. The molecule has 0 aliphatic rings. The molecule has 1 amide bonds. The molecule has 30 heavy (non-hydrogen) atoms. The van der Waals surface area contributed by atoms with Crippen molar-refractivity contribution in [3.8, 4) is 5.69 Å². The number of halogens is 1. The minimum atomic E-state index is -0.235. The van der Waals surface area contributed by atoms with Crippen LogP contribution in [0.15, 0.2) is 86.4 Å². The Balaban J connectivity index is 1.56. The molecule has 0 bridgehead atoms. The lowest BCUT2D eigenvalue weighted by Gasteiger charge is -2.10. The predicted octanol–water partition coefficient (Wildman–Crippen LogP) is 4.95. The van der Waals surface area contributed by atoms with Crippen LogP contribution in [0.1, 0.15) is 10.4 Å². The third-order valence-corrected chi connectivity index (χ3v) is 6.19. The Hall–Kier alpha value is -2.69. The second-order valence-corrected chi connectivity index (χ2v) is 8.75. The van der Waals surface area contributed by atoms with E-state index in [0.717, 1.165) is 15.1 Å². The SMILES string of the molecule is CSc1nnnn1-c1cccc(NC(=O)c2cccnc2Sc2ccc(Br)cc2)c1. The molecule has 10 heteroatoms. The van der Waals surface area contributed by atoms with Crippen LogP contribution in [0.4, 0.5) is 5.69 Å². The number of tetrazole rings is 1. The predicted molar refractivity (Wildman–Crippen MR) is 121 cm³/mol. The van der Waals surface area contributed by atoms with Crippen LogP contribution in [-0.4, -0.2) is 37.4 Å². The van der Waals surface area contributed by atoms with Crippen LogP contribution in [0.25, 0.3) is 5.69 Å². The third-order valence-electron chi connectivity index (χ3n) is 4.02. The van der Waals surface area contributed by atoms with Gasteiger partial charge < -0.3 is 5.32 Å². The summed E-state index contributed by atoms with van der Waals surface area (Å²) in [7, 11) is 0. The Morgan fingerprint density at radius 2 is 1.93 bits per heavy atom. The fourth-order valence-electron chi connectivity index (χ4n) is 2.64. The van der Waals surface area contributed by atoms with Gasteiger partial charge in [0.15, 0.2) is 0 Å². The van der Waals surface area contributed by atoms with Crippen molar-refractivity contribution in [2.75, 3.05) is 11.6 Å². The molecular weight excluding hydrogens is 484 g/mol. The van der Waals surface area contributed by atoms with Crippen LogP contribution in [0.2, 0.25) is 0 Å². The number of anilines is 1. The van der Waals surface area contributed by atoms with Gasteiger partial charge >= 0.3 is 0 Å². The van der Waals surface area contributed by atoms with E-state index in [1.165, 1.54) is 23.5 Å². The van der Waals surface area contributed by atoms with Crippen molar-refractivity contribution < 1.29 is 4.79 Å². The molecule has 2 aromatic carbocycles. The fraction of sp³-hybridized carbons (Fsp3) is 0.0500.